The fourth-order valence-electron chi connectivity index (χ4n) is 7.00. The van der Waals surface area contributed by atoms with Gasteiger partial charge in [-0.3, -0.25) is 9.78 Å². The molecule has 1 radical (unpaired) electrons. The molecular formula is C49H60IrNO3S-. The van der Waals surface area contributed by atoms with Gasteiger partial charge < -0.3 is 9.52 Å². The van der Waals surface area contributed by atoms with Gasteiger partial charge in [-0.2, -0.15) is 0 Å². The number of nitrogens with zero attached hydrogens (tertiary/aromatic N) is 1. The molecular weight excluding hydrogens is 875 g/mol. The second-order valence-electron chi connectivity index (χ2n) is 17.0. The number of ketones is 1. The normalized spacial score (nSPS) is 12.6. The maximum atomic E-state index is 12.2. The number of carbonyl (C=O) groups is 1. The topological polar surface area (TPSA) is 63.3 Å². The number of thiophene rings is 1. The molecule has 0 aliphatic heterocycles. The number of pyridine rings is 1. The monoisotopic (exact) mass is 935 g/mol. The van der Waals surface area contributed by atoms with E-state index in [0.29, 0.717) is 5.92 Å². The first-order chi connectivity index (χ1) is 25.5. The number of fused-ring (bicyclic) bond motifs is 3. The molecule has 1 N–H and O–H groups in total. The first-order valence-corrected chi connectivity index (χ1v) is 20.7. The maximum absolute atomic E-state index is 12.2. The van der Waals surface area contributed by atoms with E-state index in [2.05, 4.69) is 114 Å². The van der Waals surface area contributed by atoms with Crippen molar-refractivity contribution in [1.29, 1.82) is 0 Å². The SMILES string of the molecule is CCC(C)(CC)C(=O)/C=C(\O)C(C)(CC)CC.Cc1csc2nc(-c3[c-]c4ccccc4c(C(C)(C)C)c3)cc(-c3ccc4oc(CC(C)C)cc4c3)c12.[Ir]. The third-order valence-corrected chi connectivity index (χ3v) is 12.7. The molecule has 0 aliphatic rings. The van der Waals surface area contributed by atoms with Gasteiger partial charge in [-0.05, 0) is 84.2 Å². The standard InChI is InChI=1S/C34H32NOS.C15H28O2.Ir/c1-20(2)13-26-16-25-15-23(11-12-31(25)36-26)28-18-30(35-33-32(28)21(3)19-37-33)24-14-22-9-7-8-10-27(22)29(17-24)34(4,5)6;1-7-14(5,8-2)12(16)11-13(17)15(6,9-3)10-4;/h7-12,15-20H,13H2,1-6H3;11,16H,7-10H2,1-6H3;/q-1;;/b;12-11-;. The first kappa shape index (κ1) is 44.1. The van der Waals surface area contributed by atoms with Gasteiger partial charge in [0.1, 0.15) is 21.9 Å². The number of furan rings is 1. The summed E-state index contributed by atoms with van der Waals surface area (Å²) in [5, 5.41) is 17.1. The number of aliphatic hydroxyl groups excluding tert-OH is 1. The molecule has 0 fully saturated rings. The molecule has 0 bridgehead atoms. The van der Waals surface area contributed by atoms with Gasteiger partial charge >= 0.3 is 0 Å². The minimum atomic E-state index is -0.337. The van der Waals surface area contributed by atoms with Crippen LogP contribution >= 0.6 is 11.3 Å². The predicted octanol–water partition coefficient (Wildman–Crippen LogP) is 14.8. The van der Waals surface area contributed by atoms with Gasteiger partial charge in [-0.25, -0.2) is 0 Å². The van der Waals surface area contributed by atoms with Crippen molar-refractivity contribution in [1.82, 2.24) is 4.98 Å². The summed E-state index contributed by atoms with van der Waals surface area (Å²) in [5.74, 6) is 1.90. The van der Waals surface area contributed by atoms with Crippen LogP contribution in [0.2, 0.25) is 0 Å². The van der Waals surface area contributed by atoms with Gasteiger partial charge in [0.2, 0.25) is 0 Å². The van der Waals surface area contributed by atoms with Crippen LogP contribution in [0, 0.1) is 29.7 Å². The summed E-state index contributed by atoms with van der Waals surface area (Å²) in [6.07, 6.45) is 5.70. The minimum absolute atomic E-state index is 0. The van der Waals surface area contributed by atoms with Crippen LogP contribution in [-0.2, 0) is 36.7 Å². The van der Waals surface area contributed by atoms with Crippen LogP contribution in [0.15, 0.2) is 82.3 Å². The molecule has 295 valence electrons. The van der Waals surface area contributed by atoms with Crippen molar-refractivity contribution < 1.29 is 34.4 Å². The number of allylic oxidation sites excluding steroid dienone is 2. The smallest absolute Gasteiger partial charge is 0.164 e. The fraction of sp³-hybridized carbons (Fsp3) is 0.429. The molecule has 3 aromatic carbocycles. The molecule has 0 saturated heterocycles. The van der Waals surface area contributed by atoms with Crippen LogP contribution < -0.4 is 0 Å². The molecule has 0 atom stereocenters. The van der Waals surface area contributed by atoms with Gasteiger partial charge in [0.15, 0.2) is 5.78 Å². The molecule has 0 unspecified atom stereocenters. The fourth-order valence-corrected chi connectivity index (χ4v) is 7.94. The molecule has 6 heteroatoms. The summed E-state index contributed by atoms with van der Waals surface area (Å²) in [7, 11) is 0. The number of rotatable bonds is 11. The molecule has 3 heterocycles. The minimum Gasteiger partial charge on any atom is -0.512 e. The van der Waals surface area contributed by atoms with Gasteiger partial charge in [0.05, 0.1) is 0 Å². The molecule has 55 heavy (non-hydrogen) atoms. The van der Waals surface area contributed by atoms with E-state index in [9.17, 15) is 9.90 Å². The molecule has 6 aromatic rings. The molecule has 0 saturated carbocycles. The largest absolute Gasteiger partial charge is 0.512 e. The summed E-state index contributed by atoms with van der Waals surface area (Å²) in [6.45, 7) is 25.5. The molecule has 0 amide bonds. The summed E-state index contributed by atoms with van der Waals surface area (Å²) in [4.78, 5) is 18.4. The van der Waals surface area contributed by atoms with Crippen LogP contribution in [0.4, 0.5) is 0 Å². The zero-order valence-corrected chi connectivity index (χ0v) is 38.2. The number of benzene rings is 3. The van der Waals surface area contributed by atoms with E-state index in [-0.39, 0.29) is 47.9 Å². The Kier molecular flexibility index (Phi) is 14.2. The van der Waals surface area contributed by atoms with Crippen molar-refractivity contribution in [2.75, 3.05) is 0 Å². The molecule has 0 aliphatic carbocycles. The predicted molar refractivity (Wildman–Crippen MR) is 232 cm³/mol. The summed E-state index contributed by atoms with van der Waals surface area (Å²) in [5.41, 5.74) is 7.35. The van der Waals surface area contributed by atoms with Gasteiger partial charge in [-0.15, -0.1) is 40.5 Å². The van der Waals surface area contributed by atoms with E-state index in [0.717, 1.165) is 70.3 Å². The number of aryl methyl sites for hydroxylation is 1. The maximum Gasteiger partial charge on any atom is 0.164 e. The Bertz CT molecular complexity index is 2290. The third-order valence-electron chi connectivity index (χ3n) is 11.7. The number of carbonyl (C=O) groups excluding carboxylic acids is 1. The Morgan fingerprint density at radius 2 is 1.56 bits per heavy atom. The third kappa shape index (κ3) is 9.53. The Morgan fingerprint density at radius 3 is 2.18 bits per heavy atom. The van der Waals surface area contributed by atoms with Crippen molar-refractivity contribution in [3.63, 3.8) is 0 Å². The second kappa shape index (κ2) is 17.7. The van der Waals surface area contributed by atoms with E-state index in [4.69, 9.17) is 9.40 Å². The van der Waals surface area contributed by atoms with Crippen molar-refractivity contribution in [2.45, 2.75) is 121 Å². The van der Waals surface area contributed by atoms with Crippen molar-refractivity contribution in [3.05, 3.63) is 101 Å². The molecule has 4 nitrogen and oxygen atoms in total. The van der Waals surface area contributed by atoms with Crippen LogP contribution in [-0.4, -0.2) is 15.9 Å². The van der Waals surface area contributed by atoms with Crippen molar-refractivity contribution in [2.24, 2.45) is 16.7 Å². The van der Waals surface area contributed by atoms with E-state index in [1.165, 1.54) is 39.1 Å². The molecule has 0 spiro atoms. The Morgan fingerprint density at radius 1 is 0.909 bits per heavy atom. The molecule has 6 rings (SSSR count). The summed E-state index contributed by atoms with van der Waals surface area (Å²) in [6, 6.07) is 25.6. The first-order valence-electron chi connectivity index (χ1n) is 19.8. The van der Waals surface area contributed by atoms with Crippen LogP contribution in [0.25, 0.3) is 54.3 Å². The van der Waals surface area contributed by atoms with E-state index in [1.54, 1.807) is 11.3 Å². The van der Waals surface area contributed by atoms with Crippen LogP contribution in [0.5, 0.6) is 0 Å². The number of hydrogen-bond acceptors (Lipinski definition) is 5. The number of hydrogen-bond donors (Lipinski definition) is 1. The van der Waals surface area contributed by atoms with Gasteiger partial charge in [0.25, 0.3) is 0 Å². The van der Waals surface area contributed by atoms with Gasteiger partial charge in [0, 0.05) is 59.9 Å². The summed E-state index contributed by atoms with van der Waals surface area (Å²) >= 11 is 1.72. The summed E-state index contributed by atoms with van der Waals surface area (Å²) < 4.78 is 6.13. The zero-order valence-electron chi connectivity index (χ0n) is 35.0. The van der Waals surface area contributed by atoms with E-state index >= 15 is 0 Å². The zero-order chi connectivity index (χ0) is 39.6. The Balaban J connectivity index is 0.000000320. The van der Waals surface area contributed by atoms with Gasteiger partial charge in [-0.1, -0.05) is 117 Å². The van der Waals surface area contributed by atoms with Crippen molar-refractivity contribution >= 4 is 49.1 Å². The van der Waals surface area contributed by atoms with E-state index in [1.807, 2.05) is 41.5 Å². The number of aliphatic hydroxyl groups is 1. The van der Waals surface area contributed by atoms with Crippen LogP contribution in [0.1, 0.15) is 119 Å². The average molecular weight is 935 g/mol. The molecule has 3 aromatic heterocycles. The van der Waals surface area contributed by atoms with E-state index < -0.39 is 0 Å². The number of aromatic nitrogens is 1. The van der Waals surface area contributed by atoms with Crippen LogP contribution in [0.3, 0.4) is 0 Å². The van der Waals surface area contributed by atoms with Crippen molar-refractivity contribution in [3.8, 4) is 22.4 Å². The second-order valence-corrected chi connectivity index (χ2v) is 17.9. The quantitative estimate of drug-likeness (QED) is 0.0799. The Labute approximate surface area is 347 Å². The Hall–Kier alpha value is -3.57. The average Bonchev–Trinajstić information content (AvgIpc) is 3.74.